The summed E-state index contributed by atoms with van der Waals surface area (Å²) in [6.45, 7) is 4.38. The molecule has 2 N–H and O–H groups in total. The van der Waals surface area contributed by atoms with Crippen molar-refractivity contribution in [3.63, 3.8) is 0 Å². The predicted octanol–water partition coefficient (Wildman–Crippen LogP) is 3.29. The summed E-state index contributed by atoms with van der Waals surface area (Å²) in [5.74, 6) is 0.711. The Morgan fingerprint density at radius 2 is 1.85 bits per heavy atom. The van der Waals surface area contributed by atoms with Crippen molar-refractivity contribution in [1.82, 2.24) is 0 Å². The smallest absolute Gasteiger partial charge is 0.126 e. The number of hydrogen-bond donors (Lipinski definition) is 1. The molecule has 0 saturated heterocycles. The lowest BCUT2D eigenvalue weighted by atomic mass is 9.84. The average Bonchev–Trinajstić information content (AvgIpc) is 2.89. The first-order valence-corrected chi connectivity index (χ1v) is 6.80. The number of benzene rings is 2. The van der Waals surface area contributed by atoms with Gasteiger partial charge < -0.3 is 10.5 Å². The number of fused-ring (bicyclic) bond motifs is 1. The van der Waals surface area contributed by atoms with E-state index in [4.69, 9.17) is 10.5 Å². The van der Waals surface area contributed by atoms with Crippen LogP contribution in [0.2, 0.25) is 0 Å². The molecule has 0 saturated carbocycles. The molecule has 0 radical (unpaired) electrons. The van der Waals surface area contributed by atoms with Gasteiger partial charge in [-0.25, -0.2) is 4.39 Å². The summed E-state index contributed by atoms with van der Waals surface area (Å²) in [6.07, 6.45) is 0.904. The highest BCUT2D eigenvalue weighted by atomic mass is 19.1. The van der Waals surface area contributed by atoms with Crippen molar-refractivity contribution in [2.45, 2.75) is 25.8 Å². The van der Waals surface area contributed by atoms with Crippen molar-refractivity contribution in [3.8, 4) is 5.75 Å². The van der Waals surface area contributed by atoms with E-state index in [1.54, 1.807) is 13.0 Å². The Kier molecular flexibility index (Phi) is 3.02. The number of rotatable bonds is 2. The molecule has 3 heteroatoms. The van der Waals surface area contributed by atoms with E-state index < -0.39 is 5.54 Å². The van der Waals surface area contributed by atoms with Crippen molar-refractivity contribution in [2.24, 2.45) is 5.73 Å². The summed E-state index contributed by atoms with van der Waals surface area (Å²) >= 11 is 0. The molecule has 3 rings (SSSR count). The molecule has 1 heterocycles. The second-order valence-electron chi connectivity index (χ2n) is 5.59. The van der Waals surface area contributed by atoms with Gasteiger partial charge in [0.25, 0.3) is 0 Å². The zero-order valence-corrected chi connectivity index (χ0v) is 11.7. The van der Waals surface area contributed by atoms with Crippen LogP contribution >= 0.6 is 0 Å². The molecule has 0 aromatic heterocycles. The topological polar surface area (TPSA) is 35.2 Å². The minimum absolute atomic E-state index is 0.219. The molecule has 0 amide bonds. The number of ether oxygens (including phenoxy) is 1. The maximum atomic E-state index is 13.8. The molecule has 2 nitrogen and oxygen atoms in total. The third kappa shape index (κ3) is 2.08. The lowest BCUT2D eigenvalue weighted by molar-refractivity contribution is 0.356. The molecule has 0 bridgehead atoms. The van der Waals surface area contributed by atoms with E-state index in [0.29, 0.717) is 5.56 Å². The number of nitrogens with two attached hydrogens (primary N) is 1. The van der Waals surface area contributed by atoms with Crippen molar-refractivity contribution >= 4 is 0 Å². The van der Waals surface area contributed by atoms with Crippen LogP contribution < -0.4 is 10.5 Å². The van der Waals surface area contributed by atoms with Crippen LogP contribution in [0, 0.1) is 12.7 Å². The third-order valence-corrected chi connectivity index (χ3v) is 4.06. The Labute approximate surface area is 118 Å². The third-order valence-electron chi connectivity index (χ3n) is 4.06. The molecule has 104 valence electrons. The molecule has 0 spiro atoms. The molecule has 1 aliphatic heterocycles. The van der Waals surface area contributed by atoms with E-state index in [0.717, 1.165) is 29.9 Å². The second kappa shape index (κ2) is 4.60. The van der Waals surface area contributed by atoms with Crippen LogP contribution in [-0.4, -0.2) is 6.61 Å². The molecule has 1 atom stereocenters. The fraction of sp³-hybridized carbons (Fsp3) is 0.294. The van der Waals surface area contributed by atoms with E-state index in [-0.39, 0.29) is 5.82 Å². The SMILES string of the molecule is Cc1ccc(C(C)(N)c2ccc3c(c2)CCO3)cc1F. The molecule has 2 aromatic carbocycles. The normalized spacial score (nSPS) is 16.4. The van der Waals surface area contributed by atoms with Crippen molar-refractivity contribution < 1.29 is 9.13 Å². The zero-order valence-electron chi connectivity index (χ0n) is 11.7. The monoisotopic (exact) mass is 271 g/mol. The van der Waals surface area contributed by atoms with Gasteiger partial charge in [-0.3, -0.25) is 0 Å². The Bertz CT molecular complexity index is 664. The van der Waals surface area contributed by atoms with Crippen LogP contribution in [-0.2, 0) is 12.0 Å². The van der Waals surface area contributed by atoms with E-state index in [9.17, 15) is 4.39 Å². The van der Waals surface area contributed by atoms with Gasteiger partial charge in [0.1, 0.15) is 11.6 Å². The van der Waals surface area contributed by atoms with Gasteiger partial charge in [-0.05, 0) is 54.3 Å². The fourth-order valence-electron chi connectivity index (χ4n) is 2.59. The standard InChI is InChI=1S/C17H18FNO/c1-11-3-4-14(10-15(11)18)17(2,19)13-5-6-16-12(9-13)7-8-20-16/h3-6,9-10H,7-8,19H2,1-2H3. The van der Waals surface area contributed by atoms with Gasteiger partial charge in [-0.15, -0.1) is 0 Å². The zero-order chi connectivity index (χ0) is 14.3. The van der Waals surface area contributed by atoms with Gasteiger partial charge in [0.15, 0.2) is 0 Å². The Morgan fingerprint density at radius 1 is 1.15 bits per heavy atom. The second-order valence-corrected chi connectivity index (χ2v) is 5.59. The van der Waals surface area contributed by atoms with Crippen molar-refractivity contribution in [3.05, 3.63) is 64.5 Å². The molecule has 20 heavy (non-hydrogen) atoms. The highest BCUT2D eigenvalue weighted by Gasteiger charge is 2.26. The number of hydrogen-bond acceptors (Lipinski definition) is 2. The largest absolute Gasteiger partial charge is 0.493 e. The molecule has 0 fully saturated rings. The lowest BCUT2D eigenvalue weighted by Crippen LogP contribution is -2.34. The van der Waals surface area contributed by atoms with E-state index in [1.165, 1.54) is 11.6 Å². The van der Waals surface area contributed by atoms with Gasteiger partial charge in [0.2, 0.25) is 0 Å². The molecular formula is C17H18FNO. The minimum Gasteiger partial charge on any atom is -0.493 e. The van der Waals surface area contributed by atoms with Gasteiger partial charge in [-0.1, -0.05) is 18.2 Å². The highest BCUT2D eigenvalue weighted by molar-refractivity contribution is 5.46. The summed E-state index contributed by atoms with van der Waals surface area (Å²) < 4.78 is 19.3. The molecular weight excluding hydrogens is 253 g/mol. The van der Waals surface area contributed by atoms with Gasteiger partial charge in [-0.2, -0.15) is 0 Å². The van der Waals surface area contributed by atoms with Gasteiger partial charge >= 0.3 is 0 Å². The minimum atomic E-state index is -0.716. The van der Waals surface area contributed by atoms with Gasteiger partial charge in [0.05, 0.1) is 12.1 Å². The maximum Gasteiger partial charge on any atom is 0.126 e. The quantitative estimate of drug-likeness (QED) is 0.909. The van der Waals surface area contributed by atoms with Crippen LogP contribution in [0.4, 0.5) is 4.39 Å². The first kappa shape index (κ1) is 13.1. The molecule has 1 aliphatic rings. The fourth-order valence-corrected chi connectivity index (χ4v) is 2.59. The van der Waals surface area contributed by atoms with Crippen LogP contribution in [0.3, 0.4) is 0 Å². The predicted molar refractivity (Wildman–Crippen MR) is 77.4 cm³/mol. The van der Waals surface area contributed by atoms with Gasteiger partial charge in [0, 0.05) is 6.42 Å². The molecule has 0 aliphatic carbocycles. The first-order chi connectivity index (χ1) is 9.48. The number of aryl methyl sites for hydroxylation is 1. The summed E-state index contributed by atoms with van der Waals surface area (Å²) in [6, 6.07) is 11.2. The van der Waals surface area contributed by atoms with E-state index in [2.05, 4.69) is 6.07 Å². The van der Waals surface area contributed by atoms with Crippen LogP contribution in [0.15, 0.2) is 36.4 Å². The van der Waals surface area contributed by atoms with Crippen LogP contribution in [0.1, 0.15) is 29.2 Å². The average molecular weight is 271 g/mol. The maximum absolute atomic E-state index is 13.8. The first-order valence-electron chi connectivity index (χ1n) is 6.80. The highest BCUT2D eigenvalue weighted by Crippen LogP contribution is 2.33. The summed E-state index contributed by atoms with van der Waals surface area (Å²) in [4.78, 5) is 0. The van der Waals surface area contributed by atoms with Crippen LogP contribution in [0.5, 0.6) is 5.75 Å². The Balaban J connectivity index is 2.04. The van der Waals surface area contributed by atoms with E-state index >= 15 is 0 Å². The Morgan fingerprint density at radius 3 is 2.60 bits per heavy atom. The summed E-state index contributed by atoms with van der Waals surface area (Å²) in [5.41, 5.74) is 9.31. The number of halogens is 1. The summed E-state index contributed by atoms with van der Waals surface area (Å²) in [7, 11) is 0. The van der Waals surface area contributed by atoms with Crippen LogP contribution in [0.25, 0.3) is 0 Å². The van der Waals surface area contributed by atoms with E-state index in [1.807, 2.05) is 25.1 Å². The summed E-state index contributed by atoms with van der Waals surface area (Å²) in [5, 5.41) is 0. The van der Waals surface area contributed by atoms with Crippen molar-refractivity contribution in [1.29, 1.82) is 0 Å². The molecule has 2 aromatic rings. The molecule has 1 unspecified atom stereocenters. The lowest BCUT2D eigenvalue weighted by Gasteiger charge is -2.26. The van der Waals surface area contributed by atoms with Crippen molar-refractivity contribution in [2.75, 3.05) is 6.61 Å². The Hall–Kier alpha value is -1.87.